The van der Waals surface area contributed by atoms with Crippen LogP contribution in [0.2, 0.25) is 0 Å². The van der Waals surface area contributed by atoms with Gasteiger partial charge in [0.1, 0.15) is 0 Å². The molecule has 0 unspecified atom stereocenters. The molecular weight excluding hydrogens is 146 g/mol. The molecule has 0 amide bonds. The van der Waals surface area contributed by atoms with Crippen molar-refractivity contribution in [1.29, 1.82) is 0 Å². The molecule has 0 aliphatic rings. The second kappa shape index (κ2) is 3.70. The summed E-state index contributed by atoms with van der Waals surface area (Å²) in [6.45, 7) is 8.67. The van der Waals surface area contributed by atoms with E-state index < -0.39 is 0 Å². The summed E-state index contributed by atoms with van der Waals surface area (Å²) in [7, 11) is 0. The Labute approximate surface area is 74.8 Å². The molecule has 0 N–H and O–H groups in total. The molecule has 1 heteroatoms. The highest BCUT2D eigenvalue weighted by Crippen LogP contribution is 2.19. The molecule has 0 aliphatic carbocycles. The van der Waals surface area contributed by atoms with Crippen molar-refractivity contribution in [1.82, 2.24) is 4.98 Å². The van der Waals surface area contributed by atoms with E-state index in [1.807, 2.05) is 13.1 Å². The van der Waals surface area contributed by atoms with Gasteiger partial charge in [0.05, 0.1) is 0 Å². The number of rotatable bonds is 2. The first-order chi connectivity index (χ1) is 5.65. The summed E-state index contributed by atoms with van der Waals surface area (Å²) in [5.41, 5.74) is 3.96. The number of aryl methyl sites for hydroxylation is 2. The summed E-state index contributed by atoms with van der Waals surface area (Å²) >= 11 is 0. The van der Waals surface area contributed by atoms with Crippen LogP contribution in [0.15, 0.2) is 12.3 Å². The fraction of sp³-hybridized carbons (Fsp3) is 0.545. The summed E-state index contributed by atoms with van der Waals surface area (Å²) in [6.07, 6.45) is 3.12. The fourth-order valence-electron chi connectivity index (χ4n) is 1.45. The van der Waals surface area contributed by atoms with Gasteiger partial charge in [0.25, 0.3) is 0 Å². The molecule has 0 saturated carbocycles. The van der Waals surface area contributed by atoms with E-state index in [9.17, 15) is 0 Å². The van der Waals surface area contributed by atoms with Crippen molar-refractivity contribution in [3.8, 4) is 0 Å². The predicted molar refractivity (Wildman–Crippen MR) is 52.4 cm³/mol. The van der Waals surface area contributed by atoms with Crippen molar-refractivity contribution >= 4 is 0 Å². The van der Waals surface area contributed by atoms with Gasteiger partial charge in [-0.15, -0.1) is 0 Å². The van der Waals surface area contributed by atoms with E-state index in [1.54, 1.807) is 0 Å². The molecule has 0 saturated heterocycles. The number of hydrogen-bond acceptors (Lipinski definition) is 1. The first kappa shape index (κ1) is 9.24. The zero-order chi connectivity index (χ0) is 9.14. The third-order valence-electron chi connectivity index (χ3n) is 2.16. The largest absolute Gasteiger partial charge is 0.261 e. The van der Waals surface area contributed by atoms with Crippen LogP contribution in [-0.2, 0) is 6.42 Å². The van der Waals surface area contributed by atoms with E-state index in [-0.39, 0.29) is 0 Å². The molecule has 0 aromatic carbocycles. The Kier molecular flexibility index (Phi) is 2.85. The Morgan fingerprint density at radius 2 is 2.08 bits per heavy atom. The maximum Gasteiger partial charge on any atom is 0.0375 e. The van der Waals surface area contributed by atoms with Crippen molar-refractivity contribution in [3.05, 3.63) is 29.1 Å². The summed E-state index contributed by atoms with van der Waals surface area (Å²) in [5.74, 6) is 0.591. The van der Waals surface area contributed by atoms with E-state index in [2.05, 4.69) is 31.8 Å². The number of hydrogen-bond donors (Lipinski definition) is 0. The third kappa shape index (κ3) is 1.84. The first-order valence-electron chi connectivity index (χ1n) is 4.60. The quantitative estimate of drug-likeness (QED) is 0.653. The van der Waals surface area contributed by atoms with Gasteiger partial charge in [-0.1, -0.05) is 20.8 Å². The highest BCUT2D eigenvalue weighted by atomic mass is 14.7. The van der Waals surface area contributed by atoms with Crippen molar-refractivity contribution < 1.29 is 0 Å². The van der Waals surface area contributed by atoms with E-state index >= 15 is 0 Å². The minimum Gasteiger partial charge on any atom is -0.261 e. The molecule has 1 aromatic rings. The van der Waals surface area contributed by atoms with Gasteiger partial charge in [-0.25, -0.2) is 0 Å². The van der Waals surface area contributed by atoms with Crippen molar-refractivity contribution in [2.75, 3.05) is 0 Å². The normalized spacial score (nSPS) is 10.8. The van der Waals surface area contributed by atoms with Gasteiger partial charge >= 0.3 is 0 Å². The van der Waals surface area contributed by atoms with Gasteiger partial charge in [0.2, 0.25) is 0 Å². The van der Waals surface area contributed by atoms with Gasteiger partial charge in [-0.3, -0.25) is 4.98 Å². The summed E-state index contributed by atoms with van der Waals surface area (Å²) < 4.78 is 0. The van der Waals surface area contributed by atoms with Crippen molar-refractivity contribution in [3.63, 3.8) is 0 Å². The van der Waals surface area contributed by atoms with Crippen LogP contribution in [0.3, 0.4) is 0 Å². The Bertz CT molecular complexity index is 264. The SMILES string of the molecule is CCc1cc(C)ncc1C(C)C. The van der Waals surface area contributed by atoms with Crippen molar-refractivity contribution in [2.24, 2.45) is 0 Å². The van der Waals surface area contributed by atoms with Crippen molar-refractivity contribution in [2.45, 2.75) is 40.0 Å². The minimum atomic E-state index is 0.591. The molecule has 0 radical (unpaired) electrons. The van der Waals surface area contributed by atoms with Crippen LogP contribution in [0, 0.1) is 6.92 Å². The minimum absolute atomic E-state index is 0.591. The lowest BCUT2D eigenvalue weighted by atomic mass is 9.97. The summed E-state index contributed by atoms with van der Waals surface area (Å²) in [5, 5.41) is 0. The first-order valence-corrected chi connectivity index (χ1v) is 4.60. The Morgan fingerprint density at radius 1 is 1.42 bits per heavy atom. The van der Waals surface area contributed by atoms with Crippen LogP contribution in [0.25, 0.3) is 0 Å². The molecular formula is C11H17N. The molecule has 0 bridgehead atoms. The molecule has 1 aromatic heterocycles. The summed E-state index contributed by atoms with van der Waals surface area (Å²) in [6, 6.07) is 2.19. The van der Waals surface area contributed by atoms with Crippen LogP contribution in [0.1, 0.15) is 43.5 Å². The number of nitrogens with zero attached hydrogens (tertiary/aromatic N) is 1. The van der Waals surface area contributed by atoms with Gasteiger partial charge in [-0.2, -0.15) is 0 Å². The molecule has 1 heterocycles. The van der Waals surface area contributed by atoms with Crippen LogP contribution in [-0.4, -0.2) is 4.98 Å². The highest BCUT2D eigenvalue weighted by molar-refractivity contribution is 5.28. The average molecular weight is 163 g/mol. The molecule has 0 fully saturated rings. The van der Waals surface area contributed by atoms with Gasteiger partial charge in [-0.05, 0) is 36.5 Å². The van der Waals surface area contributed by atoms with E-state index in [0.717, 1.165) is 12.1 Å². The Balaban J connectivity index is 3.11. The van der Waals surface area contributed by atoms with Crippen LogP contribution in [0.5, 0.6) is 0 Å². The van der Waals surface area contributed by atoms with E-state index in [0.29, 0.717) is 5.92 Å². The summed E-state index contributed by atoms with van der Waals surface area (Å²) in [4.78, 5) is 4.31. The Hall–Kier alpha value is -0.850. The molecule has 0 aliphatic heterocycles. The molecule has 0 spiro atoms. The second-order valence-corrected chi connectivity index (χ2v) is 3.53. The van der Waals surface area contributed by atoms with E-state index in [4.69, 9.17) is 0 Å². The second-order valence-electron chi connectivity index (χ2n) is 3.53. The topological polar surface area (TPSA) is 12.9 Å². The standard InChI is InChI=1S/C11H17N/c1-5-10-6-9(4)12-7-11(10)8(2)3/h6-8H,5H2,1-4H3. The zero-order valence-corrected chi connectivity index (χ0v) is 8.39. The lowest BCUT2D eigenvalue weighted by Gasteiger charge is -2.10. The number of pyridine rings is 1. The Morgan fingerprint density at radius 3 is 2.58 bits per heavy atom. The lowest BCUT2D eigenvalue weighted by molar-refractivity contribution is 0.831. The smallest absolute Gasteiger partial charge is 0.0375 e. The third-order valence-corrected chi connectivity index (χ3v) is 2.16. The monoisotopic (exact) mass is 163 g/mol. The maximum absolute atomic E-state index is 4.31. The van der Waals surface area contributed by atoms with Crippen LogP contribution < -0.4 is 0 Å². The predicted octanol–water partition coefficient (Wildman–Crippen LogP) is 3.08. The van der Waals surface area contributed by atoms with Gasteiger partial charge < -0.3 is 0 Å². The molecule has 66 valence electrons. The van der Waals surface area contributed by atoms with Gasteiger partial charge in [0, 0.05) is 11.9 Å². The average Bonchev–Trinajstić information content (AvgIpc) is 2.03. The fourth-order valence-corrected chi connectivity index (χ4v) is 1.45. The molecule has 1 nitrogen and oxygen atoms in total. The molecule has 1 rings (SSSR count). The zero-order valence-electron chi connectivity index (χ0n) is 8.39. The van der Waals surface area contributed by atoms with E-state index in [1.165, 1.54) is 11.1 Å². The highest BCUT2D eigenvalue weighted by Gasteiger charge is 2.05. The molecule has 12 heavy (non-hydrogen) atoms. The maximum atomic E-state index is 4.31. The number of aromatic nitrogens is 1. The van der Waals surface area contributed by atoms with Gasteiger partial charge in [0.15, 0.2) is 0 Å². The molecule has 0 atom stereocenters. The lowest BCUT2D eigenvalue weighted by Crippen LogP contribution is -1.97. The van der Waals surface area contributed by atoms with Crippen LogP contribution >= 0.6 is 0 Å². The van der Waals surface area contributed by atoms with Crippen LogP contribution in [0.4, 0.5) is 0 Å².